The van der Waals surface area contributed by atoms with Crippen LogP contribution in [0.2, 0.25) is 0 Å². The number of likely N-dealkylation sites (tertiary alicyclic amines) is 1. The molecule has 0 aliphatic carbocycles. The van der Waals surface area contributed by atoms with Crippen LogP contribution in [0, 0.1) is 5.92 Å². The van der Waals surface area contributed by atoms with Crippen molar-refractivity contribution in [2.45, 2.75) is 39.2 Å². The Kier molecular flexibility index (Phi) is 4.20. The maximum absolute atomic E-state index is 11.2. The Bertz CT molecular complexity index is 176. The average molecular weight is 204 g/mol. The minimum absolute atomic E-state index is 0.0676. The minimum Gasteiger partial charge on any atom is -0.292 e. The van der Waals surface area contributed by atoms with Gasteiger partial charge in [-0.05, 0) is 43.5 Å². The molecule has 3 heteroatoms. The van der Waals surface area contributed by atoms with E-state index in [9.17, 15) is 4.79 Å². The van der Waals surface area contributed by atoms with Crippen molar-refractivity contribution < 1.29 is 4.79 Å². The summed E-state index contributed by atoms with van der Waals surface area (Å²) in [6, 6.07) is -0.0676. The smallest absolute Gasteiger partial charge is 0.239 e. The molecule has 0 bridgehead atoms. The van der Waals surface area contributed by atoms with E-state index in [0.717, 1.165) is 13.1 Å². The predicted octanol–water partition coefficient (Wildman–Crippen LogP) is 2.26. The highest BCUT2D eigenvalue weighted by Crippen LogP contribution is 2.19. The molecule has 0 radical (unpaired) electrons. The molecule has 1 fully saturated rings. The Morgan fingerprint density at radius 2 is 1.77 bits per heavy atom. The standard InChI is InChI=1S/C10H18ClNO/c1-8(2)9(10(11)13)12-6-4-3-5-7-12/h8-9H,3-7H2,1-2H3. The molecule has 1 unspecified atom stereocenters. The Morgan fingerprint density at radius 1 is 1.23 bits per heavy atom. The van der Waals surface area contributed by atoms with Gasteiger partial charge in [-0.15, -0.1) is 0 Å². The molecular weight excluding hydrogens is 186 g/mol. The van der Waals surface area contributed by atoms with E-state index in [1.165, 1.54) is 19.3 Å². The quantitative estimate of drug-likeness (QED) is 0.656. The molecule has 0 aromatic carbocycles. The summed E-state index contributed by atoms with van der Waals surface area (Å²) in [6.45, 7) is 6.17. The predicted molar refractivity (Wildman–Crippen MR) is 54.9 cm³/mol. The maximum atomic E-state index is 11.2. The summed E-state index contributed by atoms with van der Waals surface area (Å²) in [4.78, 5) is 13.4. The van der Waals surface area contributed by atoms with Gasteiger partial charge in [0.05, 0.1) is 6.04 Å². The molecule has 0 aromatic rings. The Morgan fingerprint density at radius 3 is 2.15 bits per heavy atom. The lowest BCUT2D eigenvalue weighted by Gasteiger charge is -2.34. The highest BCUT2D eigenvalue weighted by Gasteiger charge is 2.28. The van der Waals surface area contributed by atoms with E-state index in [0.29, 0.717) is 5.92 Å². The molecular formula is C10H18ClNO. The van der Waals surface area contributed by atoms with Crippen molar-refractivity contribution in [3.05, 3.63) is 0 Å². The van der Waals surface area contributed by atoms with Crippen molar-refractivity contribution in [2.24, 2.45) is 5.92 Å². The van der Waals surface area contributed by atoms with Crippen molar-refractivity contribution in [1.82, 2.24) is 4.90 Å². The molecule has 0 amide bonds. The van der Waals surface area contributed by atoms with Gasteiger partial charge in [0.2, 0.25) is 5.24 Å². The second-order valence-electron chi connectivity index (χ2n) is 4.09. The summed E-state index contributed by atoms with van der Waals surface area (Å²) in [5.74, 6) is 0.322. The summed E-state index contributed by atoms with van der Waals surface area (Å²) in [7, 11) is 0. The van der Waals surface area contributed by atoms with E-state index in [2.05, 4.69) is 18.7 Å². The number of rotatable bonds is 3. The first kappa shape index (κ1) is 11.0. The van der Waals surface area contributed by atoms with Gasteiger partial charge < -0.3 is 0 Å². The maximum Gasteiger partial charge on any atom is 0.239 e. The third-order valence-electron chi connectivity index (χ3n) is 2.65. The first-order valence-electron chi connectivity index (χ1n) is 5.06. The Balaban J connectivity index is 2.57. The number of carbonyl (C=O) groups excluding carboxylic acids is 1. The van der Waals surface area contributed by atoms with Gasteiger partial charge >= 0.3 is 0 Å². The lowest BCUT2D eigenvalue weighted by Crippen LogP contribution is -2.45. The molecule has 1 heterocycles. The van der Waals surface area contributed by atoms with Crippen LogP contribution in [-0.4, -0.2) is 29.3 Å². The van der Waals surface area contributed by atoms with Crippen LogP contribution in [0.1, 0.15) is 33.1 Å². The van der Waals surface area contributed by atoms with Crippen LogP contribution in [0.5, 0.6) is 0 Å². The first-order chi connectivity index (χ1) is 6.13. The van der Waals surface area contributed by atoms with E-state index >= 15 is 0 Å². The summed E-state index contributed by atoms with van der Waals surface area (Å²) < 4.78 is 0. The topological polar surface area (TPSA) is 20.3 Å². The highest BCUT2D eigenvalue weighted by molar-refractivity contribution is 6.64. The molecule has 76 valence electrons. The monoisotopic (exact) mass is 203 g/mol. The van der Waals surface area contributed by atoms with Crippen molar-refractivity contribution in [3.8, 4) is 0 Å². The second-order valence-corrected chi connectivity index (χ2v) is 4.46. The van der Waals surface area contributed by atoms with E-state index in [1.807, 2.05) is 0 Å². The fourth-order valence-electron chi connectivity index (χ4n) is 2.02. The summed E-state index contributed by atoms with van der Waals surface area (Å²) >= 11 is 5.59. The Labute approximate surface area is 85.2 Å². The fourth-order valence-corrected chi connectivity index (χ4v) is 2.41. The number of piperidine rings is 1. The highest BCUT2D eigenvalue weighted by atomic mass is 35.5. The fraction of sp³-hybridized carbons (Fsp3) is 0.900. The molecule has 0 N–H and O–H groups in total. The zero-order valence-electron chi connectivity index (χ0n) is 8.42. The normalized spacial score (nSPS) is 21.8. The van der Waals surface area contributed by atoms with Crippen molar-refractivity contribution in [2.75, 3.05) is 13.1 Å². The van der Waals surface area contributed by atoms with E-state index in [-0.39, 0.29) is 11.3 Å². The molecule has 1 aliphatic rings. The largest absolute Gasteiger partial charge is 0.292 e. The third-order valence-corrected chi connectivity index (χ3v) is 2.87. The van der Waals surface area contributed by atoms with Crippen LogP contribution >= 0.6 is 11.6 Å². The molecule has 1 rings (SSSR count). The SMILES string of the molecule is CC(C)C(C(=O)Cl)N1CCCCC1. The van der Waals surface area contributed by atoms with Gasteiger partial charge in [-0.25, -0.2) is 0 Å². The lowest BCUT2D eigenvalue weighted by molar-refractivity contribution is -0.118. The van der Waals surface area contributed by atoms with Crippen molar-refractivity contribution in [3.63, 3.8) is 0 Å². The van der Waals surface area contributed by atoms with Gasteiger partial charge in [0.1, 0.15) is 0 Å². The lowest BCUT2D eigenvalue weighted by atomic mass is 10.0. The van der Waals surface area contributed by atoms with Crippen LogP contribution in [-0.2, 0) is 4.79 Å². The molecule has 1 atom stereocenters. The van der Waals surface area contributed by atoms with Crippen LogP contribution in [0.4, 0.5) is 0 Å². The summed E-state index contributed by atoms with van der Waals surface area (Å²) in [6.07, 6.45) is 3.69. The minimum atomic E-state index is -0.197. The number of carbonyl (C=O) groups is 1. The number of halogens is 1. The zero-order valence-corrected chi connectivity index (χ0v) is 9.18. The van der Waals surface area contributed by atoms with Crippen molar-refractivity contribution in [1.29, 1.82) is 0 Å². The molecule has 2 nitrogen and oxygen atoms in total. The first-order valence-corrected chi connectivity index (χ1v) is 5.44. The van der Waals surface area contributed by atoms with Gasteiger partial charge in [-0.2, -0.15) is 0 Å². The molecule has 1 saturated heterocycles. The number of nitrogens with zero attached hydrogens (tertiary/aromatic N) is 1. The number of hydrogen-bond acceptors (Lipinski definition) is 2. The van der Waals surface area contributed by atoms with Crippen LogP contribution in [0.3, 0.4) is 0 Å². The number of hydrogen-bond donors (Lipinski definition) is 0. The van der Waals surface area contributed by atoms with Crippen molar-refractivity contribution >= 4 is 16.8 Å². The van der Waals surface area contributed by atoms with E-state index < -0.39 is 0 Å². The van der Waals surface area contributed by atoms with E-state index in [1.54, 1.807) is 0 Å². The van der Waals surface area contributed by atoms with Crippen LogP contribution < -0.4 is 0 Å². The Hall–Kier alpha value is -0.0800. The van der Waals surface area contributed by atoms with Gasteiger partial charge in [-0.3, -0.25) is 9.69 Å². The average Bonchev–Trinajstić information content (AvgIpc) is 2.04. The summed E-state index contributed by atoms with van der Waals surface area (Å²) in [5, 5.41) is -0.197. The molecule has 13 heavy (non-hydrogen) atoms. The third kappa shape index (κ3) is 2.96. The van der Waals surface area contributed by atoms with Crippen LogP contribution in [0.25, 0.3) is 0 Å². The molecule has 0 aromatic heterocycles. The molecule has 1 aliphatic heterocycles. The van der Waals surface area contributed by atoms with Crippen LogP contribution in [0.15, 0.2) is 0 Å². The second kappa shape index (κ2) is 4.97. The van der Waals surface area contributed by atoms with E-state index in [4.69, 9.17) is 11.6 Å². The molecule has 0 saturated carbocycles. The van der Waals surface area contributed by atoms with Gasteiger partial charge in [0.15, 0.2) is 0 Å². The van der Waals surface area contributed by atoms with Gasteiger partial charge in [0.25, 0.3) is 0 Å². The van der Waals surface area contributed by atoms with Gasteiger partial charge in [0, 0.05) is 0 Å². The molecule has 0 spiro atoms. The summed E-state index contributed by atoms with van der Waals surface area (Å²) in [5.41, 5.74) is 0. The van der Waals surface area contributed by atoms with Gasteiger partial charge in [-0.1, -0.05) is 20.3 Å². The zero-order chi connectivity index (χ0) is 9.84.